The molecule has 29 heavy (non-hydrogen) atoms. The van der Waals surface area contributed by atoms with Crippen LogP contribution in [0.1, 0.15) is 29.0 Å². The fourth-order valence-electron chi connectivity index (χ4n) is 3.88. The Bertz CT molecular complexity index is 1210. The molecule has 0 bridgehead atoms. The van der Waals surface area contributed by atoms with Gasteiger partial charge in [0, 0.05) is 12.3 Å². The van der Waals surface area contributed by atoms with Crippen LogP contribution >= 0.6 is 0 Å². The van der Waals surface area contributed by atoms with Crippen molar-refractivity contribution in [3.05, 3.63) is 83.4 Å². The number of benzene rings is 2. The van der Waals surface area contributed by atoms with E-state index in [0.717, 1.165) is 16.7 Å². The molecule has 1 N–H and O–H groups in total. The number of rotatable bonds is 4. The van der Waals surface area contributed by atoms with E-state index in [0.29, 0.717) is 24.0 Å². The van der Waals surface area contributed by atoms with E-state index >= 15 is 0 Å². The first kappa shape index (κ1) is 19.3. The van der Waals surface area contributed by atoms with Crippen molar-refractivity contribution in [3.8, 4) is 11.1 Å². The molecule has 0 fully saturated rings. The number of amides is 1. The zero-order valence-electron chi connectivity index (χ0n) is 15.7. The van der Waals surface area contributed by atoms with Gasteiger partial charge in [-0.25, -0.2) is 18.1 Å². The first-order valence-corrected chi connectivity index (χ1v) is 10.7. The van der Waals surface area contributed by atoms with Gasteiger partial charge in [0.05, 0.1) is 10.8 Å². The number of carbonyl (C=O) groups is 1. The lowest BCUT2D eigenvalue weighted by atomic mass is 9.95. The minimum atomic E-state index is -3.96. The normalized spacial score (nSPS) is 15.7. The topological polar surface area (TPSA) is 76.1 Å². The van der Waals surface area contributed by atoms with Crippen molar-refractivity contribution in [1.82, 2.24) is 9.71 Å². The number of sulfonamides is 1. The quantitative estimate of drug-likeness (QED) is 0.665. The maximum absolute atomic E-state index is 13.5. The molecule has 0 aliphatic heterocycles. The van der Waals surface area contributed by atoms with Gasteiger partial charge in [0.1, 0.15) is 0 Å². The summed E-state index contributed by atoms with van der Waals surface area (Å²) in [6.45, 7) is 1.68. The lowest BCUT2D eigenvalue weighted by Crippen LogP contribution is -2.34. The highest BCUT2D eigenvalue weighted by molar-refractivity contribution is 7.90. The van der Waals surface area contributed by atoms with Crippen molar-refractivity contribution in [2.75, 3.05) is 0 Å². The summed E-state index contributed by atoms with van der Waals surface area (Å²) >= 11 is 0. The summed E-state index contributed by atoms with van der Waals surface area (Å²) in [6.07, 6.45) is 2.50. The van der Waals surface area contributed by atoms with Crippen LogP contribution in [-0.2, 0) is 21.2 Å². The number of hydrogen-bond acceptors (Lipinski definition) is 4. The minimum Gasteiger partial charge on any atom is -0.273 e. The summed E-state index contributed by atoms with van der Waals surface area (Å²) in [5, 5.41) is 0. The molecular weight excluding hydrogens is 391 g/mol. The van der Waals surface area contributed by atoms with E-state index in [1.807, 2.05) is 12.1 Å². The highest BCUT2D eigenvalue weighted by Crippen LogP contribution is 2.39. The Kier molecular flexibility index (Phi) is 4.92. The summed E-state index contributed by atoms with van der Waals surface area (Å²) < 4.78 is 41.1. The number of fused-ring (bicyclic) bond motifs is 1. The van der Waals surface area contributed by atoms with Gasteiger partial charge in [0.2, 0.25) is 11.9 Å². The number of pyridine rings is 1. The average molecular weight is 410 g/mol. The average Bonchev–Trinajstić information content (AvgIpc) is 3.12. The van der Waals surface area contributed by atoms with Crippen LogP contribution in [0.2, 0.25) is 0 Å². The fourth-order valence-corrected chi connectivity index (χ4v) is 5.15. The van der Waals surface area contributed by atoms with Crippen LogP contribution in [0.3, 0.4) is 0 Å². The molecule has 0 radical (unpaired) electrons. The maximum Gasteiger partial charge on any atom is 0.264 e. The maximum atomic E-state index is 13.5. The zero-order valence-corrected chi connectivity index (χ0v) is 16.5. The van der Waals surface area contributed by atoms with E-state index in [2.05, 4.69) is 9.71 Å². The van der Waals surface area contributed by atoms with Crippen molar-refractivity contribution in [1.29, 1.82) is 0 Å². The minimum absolute atomic E-state index is 0.0904. The van der Waals surface area contributed by atoms with Gasteiger partial charge in [0.15, 0.2) is 0 Å². The molecule has 148 valence electrons. The number of carbonyl (C=O) groups excluding carboxylic acids is 1. The largest absolute Gasteiger partial charge is 0.273 e. The van der Waals surface area contributed by atoms with Crippen molar-refractivity contribution in [2.24, 2.45) is 0 Å². The first-order chi connectivity index (χ1) is 13.9. The standard InChI is InChI=1S/C22H19FN2O3S/c1-14-5-2-3-8-20(14)29(27,28)25-22(26)19-10-9-18-16(6-4-7-17(18)19)15-11-12-24-21(23)13-15/h2-8,11-13,19H,9-10H2,1H3,(H,25,26). The molecule has 0 spiro atoms. The van der Waals surface area contributed by atoms with E-state index in [1.54, 1.807) is 37.3 Å². The molecule has 3 aromatic rings. The second kappa shape index (κ2) is 7.40. The van der Waals surface area contributed by atoms with Gasteiger partial charge < -0.3 is 0 Å². The predicted octanol–water partition coefficient (Wildman–Crippen LogP) is 3.73. The second-order valence-corrected chi connectivity index (χ2v) is 8.72. The summed E-state index contributed by atoms with van der Waals surface area (Å²) in [4.78, 5) is 16.5. The summed E-state index contributed by atoms with van der Waals surface area (Å²) in [7, 11) is -3.96. The third-order valence-corrected chi connectivity index (χ3v) is 6.75. The Morgan fingerprint density at radius 2 is 1.93 bits per heavy atom. The highest BCUT2D eigenvalue weighted by Gasteiger charge is 2.33. The Labute approximate surface area is 168 Å². The monoisotopic (exact) mass is 410 g/mol. The fraction of sp³-hybridized carbons (Fsp3) is 0.182. The van der Waals surface area contributed by atoms with Gasteiger partial charge in [0.25, 0.3) is 10.0 Å². The van der Waals surface area contributed by atoms with E-state index in [9.17, 15) is 17.6 Å². The van der Waals surface area contributed by atoms with Crippen molar-refractivity contribution in [3.63, 3.8) is 0 Å². The number of aryl methyl sites for hydroxylation is 1. The van der Waals surface area contributed by atoms with Gasteiger partial charge in [-0.3, -0.25) is 4.79 Å². The lowest BCUT2D eigenvalue weighted by Gasteiger charge is -2.15. The van der Waals surface area contributed by atoms with Crippen molar-refractivity contribution in [2.45, 2.75) is 30.6 Å². The van der Waals surface area contributed by atoms with E-state index in [-0.39, 0.29) is 4.90 Å². The molecule has 5 nitrogen and oxygen atoms in total. The van der Waals surface area contributed by atoms with Gasteiger partial charge in [-0.15, -0.1) is 0 Å². The van der Waals surface area contributed by atoms with Crippen LogP contribution in [-0.4, -0.2) is 19.3 Å². The number of halogens is 1. The van der Waals surface area contributed by atoms with Gasteiger partial charge in [-0.2, -0.15) is 4.39 Å². The Hall–Kier alpha value is -3.06. The molecule has 4 rings (SSSR count). The number of nitrogens with one attached hydrogen (secondary N) is 1. The Balaban J connectivity index is 1.64. The zero-order chi connectivity index (χ0) is 20.6. The third kappa shape index (κ3) is 3.65. The molecule has 2 aromatic carbocycles. The third-order valence-electron chi connectivity index (χ3n) is 5.24. The van der Waals surface area contributed by atoms with Crippen LogP contribution < -0.4 is 4.72 Å². The van der Waals surface area contributed by atoms with Crippen molar-refractivity contribution < 1.29 is 17.6 Å². The Morgan fingerprint density at radius 3 is 2.69 bits per heavy atom. The first-order valence-electron chi connectivity index (χ1n) is 9.23. The molecule has 1 unspecified atom stereocenters. The lowest BCUT2D eigenvalue weighted by molar-refractivity contribution is -0.120. The predicted molar refractivity (Wildman–Crippen MR) is 107 cm³/mol. The van der Waals surface area contributed by atoms with Gasteiger partial charge in [-0.1, -0.05) is 36.4 Å². The molecule has 1 aliphatic carbocycles. The molecule has 1 aliphatic rings. The van der Waals surface area contributed by atoms with Gasteiger partial charge in [-0.05, 0) is 59.7 Å². The Morgan fingerprint density at radius 1 is 1.14 bits per heavy atom. The van der Waals surface area contributed by atoms with Crippen LogP contribution in [0.15, 0.2) is 65.7 Å². The molecule has 1 heterocycles. The van der Waals surface area contributed by atoms with Crippen molar-refractivity contribution >= 4 is 15.9 Å². The summed E-state index contributed by atoms with van der Waals surface area (Å²) in [6, 6.07) is 15.1. The van der Waals surface area contributed by atoms with E-state index in [1.165, 1.54) is 18.3 Å². The van der Waals surface area contributed by atoms with Gasteiger partial charge >= 0.3 is 0 Å². The van der Waals surface area contributed by atoms with E-state index in [4.69, 9.17) is 0 Å². The van der Waals surface area contributed by atoms with E-state index < -0.39 is 27.8 Å². The molecule has 1 amide bonds. The second-order valence-electron chi connectivity index (χ2n) is 7.07. The number of nitrogens with zero attached hydrogens (tertiary/aromatic N) is 1. The molecule has 0 saturated carbocycles. The molecular formula is C22H19FN2O3S. The summed E-state index contributed by atoms with van der Waals surface area (Å²) in [5.74, 6) is -1.70. The van der Waals surface area contributed by atoms with Crippen LogP contribution in [0.5, 0.6) is 0 Å². The number of aromatic nitrogens is 1. The smallest absolute Gasteiger partial charge is 0.264 e. The van der Waals surface area contributed by atoms with Crippen LogP contribution in [0.25, 0.3) is 11.1 Å². The summed E-state index contributed by atoms with van der Waals surface area (Å²) in [5.41, 5.74) is 3.80. The molecule has 7 heteroatoms. The van der Waals surface area contributed by atoms with Crippen LogP contribution in [0.4, 0.5) is 4.39 Å². The van der Waals surface area contributed by atoms with Crippen LogP contribution in [0, 0.1) is 12.9 Å². The molecule has 1 aromatic heterocycles. The molecule has 1 atom stereocenters. The SMILES string of the molecule is Cc1ccccc1S(=O)(=O)NC(=O)C1CCc2c(-c3ccnc(F)c3)cccc21. The molecule has 0 saturated heterocycles. The number of hydrogen-bond donors (Lipinski definition) is 1. The highest BCUT2D eigenvalue weighted by atomic mass is 32.2.